The molecule has 4 heteroatoms. The summed E-state index contributed by atoms with van der Waals surface area (Å²) in [6.45, 7) is 3.94. The van der Waals surface area contributed by atoms with Gasteiger partial charge in [0.15, 0.2) is 0 Å². The predicted octanol–water partition coefficient (Wildman–Crippen LogP) is 1.25. The summed E-state index contributed by atoms with van der Waals surface area (Å²) in [6, 6.07) is 5.97. The summed E-state index contributed by atoms with van der Waals surface area (Å²) < 4.78 is 22.0. The van der Waals surface area contributed by atoms with E-state index >= 15 is 0 Å². The maximum Gasteiger partial charge on any atom is 0.150 e. The van der Waals surface area contributed by atoms with Crippen molar-refractivity contribution in [2.45, 2.75) is 26.4 Å². The summed E-state index contributed by atoms with van der Waals surface area (Å²) in [7, 11) is -3.12. The van der Waals surface area contributed by atoms with Gasteiger partial charge in [0.1, 0.15) is 9.84 Å². The van der Waals surface area contributed by atoms with Crippen LogP contribution in [0.15, 0.2) is 18.2 Å². The molecule has 0 amide bonds. The van der Waals surface area contributed by atoms with Crippen LogP contribution < -0.4 is 0 Å². The van der Waals surface area contributed by atoms with Crippen LogP contribution in [0.1, 0.15) is 16.7 Å². The van der Waals surface area contributed by atoms with Gasteiger partial charge in [0.05, 0.1) is 11.9 Å². The van der Waals surface area contributed by atoms with Crippen molar-refractivity contribution in [1.29, 1.82) is 0 Å². The van der Waals surface area contributed by atoms with Crippen molar-refractivity contribution in [3.05, 3.63) is 34.9 Å². The Morgan fingerprint density at radius 3 is 2.50 bits per heavy atom. The molecule has 0 aromatic heterocycles. The van der Waals surface area contributed by atoms with Crippen LogP contribution in [-0.4, -0.2) is 31.6 Å². The van der Waals surface area contributed by atoms with Crippen molar-refractivity contribution in [2.24, 2.45) is 0 Å². The van der Waals surface area contributed by atoms with E-state index in [9.17, 15) is 13.5 Å². The van der Waals surface area contributed by atoms with Gasteiger partial charge in [0, 0.05) is 6.26 Å². The zero-order valence-electron chi connectivity index (χ0n) is 9.90. The Hall–Kier alpha value is -0.870. The van der Waals surface area contributed by atoms with Gasteiger partial charge in [0.25, 0.3) is 0 Å². The van der Waals surface area contributed by atoms with Gasteiger partial charge in [-0.05, 0) is 31.4 Å². The molecule has 1 atom stereocenters. The zero-order chi connectivity index (χ0) is 12.3. The number of hydrogen-bond donors (Lipinski definition) is 1. The summed E-state index contributed by atoms with van der Waals surface area (Å²) in [5.41, 5.74) is 3.21. The maximum atomic E-state index is 11.0. The second-order valence-corrected chi connectivity index (χ2v) is 6.57. The number of aryl methyl sites for hydroxylation is 2. The number of aliphatic hydroxyl groups is 1. The van der Waals surface area contributed by atoms with Gasteiger partial charge >= 0.3 is 0 Å². The third-order valence-electron chi connectivity index (χ3n) is 2.46. The summed E-state index contributed by atoms with van der Waals surface area (Å²) in [4.78, 5) is 0. The molecule has 0 saturated heterocycles. The average molecular weight is 242 g/mol. The topological polar surface area (TPSA) is 54.4 Å². The monoisotopic (exact) mass is 242 g/mol. The normalized spacial score (nSPS) is 13.8. The van der Waals surface area contributed by atoms with Crippen LogP contribution in [0.25, 0.3) is 0 Å². The molecule has 0 radical (unpaired) electrons. The second kappa shape index (κ2) is 4.97. The molecule has 0 aliphatic carbocycles. The van der Waals surface area contributed by atoms with Crippen LogP contribution in [0.4, 0.5) is 0 Å². The third kappa shape index (κ3) is 4.33. The number of hydrogen-bond acceptors (Lipinski definition) is 3. The number of rotatable bonds is 4. The molecule has 0 heterocycles. The fourth-order valence-corrected chi connectivity index (χ4v) is 2.50. The van der Waals surface area contributed by atoms with E-state index in [1.54, 1.807) is 0 Å². The Kier molecular flexibility index (Phi) is 4.10. The van der Waals surface area contributed by atoms with Crippen LogP contribution in [0.3, 0.4) is 0 Å². The number of aliphatic hydroxyl groups excluding tert-OH is 1. The Morgan fingerprint density at radius 1 is 1.31 bits per heavy atom. The second-order valence-electron chi connectivity index (χ2n) is 4.38. The lowest BCUT2D eigenvalue weighted by molar-refractivity contribution is 0.198. The molecule has 1 rings (SSSR count). The lowest BCUT2D eigenvalue weighted by Crippen LogP contribution is -2.22. The minimum absolute atomic E-state index is 0.180. The van der Waals surface area contributed by atoms with Gasteiger partial charge in [-0.2, -0.15) is 0 Å². The Labute approximate surface area is 97.0 Å². The quantitative estimate of drug-likeness (QED) is 0.864. The zero-order valence-corrected chi connectivity index (χ0v) is 10.7. The molecule has 1 aromatic carbocycles. The van der Waals surface area contributed by atoms with Crippen molar-refractivity contribution >= 4 is 9.84 Å². The Bertz CT molecular complexity index is 463. The first-order valence-electron chi connectivity index (χ1n) is 5.20. The smallest absolute Gasteiger partial charge is 0.150 e. The van der Waals surface area contributed by atoms with Crippen molar-refractivity contribution in [3.8, 4) is 0 Å². The fourth-order valence-electron chi connectivity index (χ4n) is 1.68. The highest BCUT2D eigenvalue weighted by atomic mass is 32.2. The average Bonchev–Trinajstić information content (AvgIpc) is 2.08. The lowest BCUT2D eigenvalue weighted by atomic mass is 10.0. The molecule has 0 fully saturated rings. The standard InChI is InChI=1S/C12H18O3S/c1-9-4-5-10(2)11(6-9)7-12(13)8-16(3,14)15/h4-6,12-13H,7-8H2,1-3H3. The minimum atomic E-state index is -3.12. The summed E-state index contributed by atoms with van der Waals surface area (Å²) >= 11 is 0. The Balaban J connectivity index is 2.77. The molecule has 16 heavy (non-hydrogen) atoms. The molecule has 0 aliphatic heterocycles. The number of benzene rings is 1. The molecule has 0 aliphatic rings. The van der Waals surface area contributed by atoms with E-state index in [4.69, 9.17) is 0 Å². The first kappa shape index (κ1) is 13.2. The molecular formula is C12H18O3S. The van der Waals surface area contributed by atoms with E-state index in [0.717, 1.165) is 22.9 Å². The van der Waals surface area contributed by atoms with Crippen LogP contribution in [0, 0.1) is 13.8 Å². The van der Waals surface area contributed by atoms with E-state index in [0.29, 0.717) is 6.42 Å². The van der Waals surface area contributed by atoms with E-state index in [1.165, 1.54) is 0 Å². The van der Waals surface area contributed by atoms with Gasteiger partial charge in [-0.25, -0.2) is 8.42 Å². The van der Waals surface area contributed by atoms with E-state index < -0.39 is 15.9 Å². The highest BCUT2D eigenvalue weighted by Crippen LogP contribution is 2.13. The molecule has 0 bridgehead atoms. The van der Waals surface area contributed by atoms with Gasteiger partial charge in [-0.1, -0.05) is 23.8 Å². The third-order valence-corrected chi connectivity index (χ3v) is 3.45. The summed E-state index contributed by atoms with van der Waals surface area (Å²) in [5, 5.41) is 9.67. The SMILES string of the molecule is Cc1ccc(C)c(CC(O)CS(C)(=O)=O)c1. The highest BCUT2D eigenvalue weighted by Gasteiger charge is 2.13. The molecule has 90 valence electrons. The highest BCUT2D eigenvalue weighted by molar-refractivity contribution is 7.90. The van der Waals surface area contributed by atoms with Crippen molar-refractivity contribution in [2.75, 3.05) is 12.0 Å². The Morgan fingerprint density at radius 2 is 1.94 bits per heavy atom. The van der Waals surface area contributed by atoms with Crippen molar-refractivity contribution in [1.82, 2.24) is 0 Å². The van der Waals surface area contributed by atoms with E-state index in [1.807, 2.05) is 32.0 Å². The lowest BCUT2D eigenvalue weighted by Gasteiger charge is -2.12. The fraction of sp³-hybridized carbons (Fsp3) is 0.500. The first-order valence-corrected chi connectivity index (χ1v) is 7.26. The number of sulfone groups is 1. The van der Waals surface area contributed by atoms with Crippen LogP contribution >= 0.6 is 0 Å². The van der Waals surface area contributed by atoms with Gasteiger partial charge in [-0.3, -0.25) is 0 Å². The van der Waals surface area contributed by atoms with Gasteiger partial charge < -0.3 is 5.11 Å². The predicted molar refractivity (Wildman–Crippen MR) is 65.3 cm³/mol. The van der Waals surface area contributed by atoms with Crippen LogP contribution in [-0.2, 0) is 16.3 Å². The molecular weight excluding hydrogens is 224 g/mol. The summed E-state index contributed by atoms with van der Waals surface area (Å²) in [5.74, 6) is -0.180. The molecule has 1 aromatic rings. The maximum absolute atomic E-state index is 11.0. The van der Waals surface area contributed by atoms with E-state index in [2.05, 4.69) is 0 Å². The van der Waals surface area contributed by atoms with E-state index in [-0.39, 0.29) is 5.75 Å². The molecule has 3 nitrogen and oxygen atoms in total. The molecule has 1 unspecified atom stereocenters. The van der Waals surface area contributed by atoms with Gasteiger partial charge in [-0.15, -0.1) is 0 Å². The van der Waals surface area contributed by atoms with Crippen molar-refractivity contribution in [3.63, 3.8) is 0 Å². The van der Waals surface area contributed by atoms with Crippen LogP contribution in [0.2, 0.25) is 0 Å². The van der Waals surface area contributed by atoms with Crippen LogP contribution in [0.5, 0.6) is 0 Å². The minimum Gasteiger partial charge on any atom is -0.392 e. The first-order chi connectivity index (χ1) is 7.28. The molecule has 1 N–H and O–H groups in total. The summed E-state index contributed by atoms with van der Waals surface area (Å²) in [6.07, 6.45) is 0.704. The van der Waals surface area contributed by atoms with Gasteiger partial charge in [0.2, 0.25) is 0 Å². The largest absolute Gasteiger partial charge is 0.392 e. The molecule has 0 spiro atoms. The molecule has 0 saturated carbocycles. The van der Waals surface area contributed by atoms with Crippen molar-refractivity contribution < 1.29 is 13.5 Å².